The number of nitrogens with zero attached hydrogens (tertiary/aromatic N) is 2. The number of carbonyl (C=O) groups excluding carboxylic acids is 1. The molecule has 0 aliphatic rings. The molecule has 7 heteroatoms. The number of amides is 1. The topological polar surface area (TPSA) is 45.2 Å². The Morgan fingerprint density at radius 1 is 1.47 bits per heavy atom. The van der Waals surface area contributed by atoms with Gasteiger partial charge in [-0.2, -0.15) is 13.2 Å². The minimum absolute atomic E-state index is 0.128. The van der Waals surface area contributed by atoms with Crippen LogP contribution in [0.25, 0.3) is 0 Å². The molecule has 106 valence electrons. The SMILES string of the molecule is CNc1ccncc1C(=O)N(CC(F)(F)F)C(C)C. The highest BCUT2D eigenvalue weighted by molar-refractivity contribution is 5.99. The fourth-order valence-electron chi connectivity index (χ4n) is 1.62. The summed E-state index contributed by atoms with van der Waals surface area (Å²) in [6, 6.07) is 0.985. The zero-order chi connectivity index (χ0) is 14.6. The molecule has 19 heavy (non-hydrogen) atoms. The van der Waals surface area contributed by atoms with Crippen molar-refractivity contribution in [2.75, 3.05) is 18.9 Å². The predicted octanol–water partition coefficient (Wildman–Crippen LogP) is 2.54. The van der Waals surface area contributed by atoms with Crippen molar-refractivity contribution in [3.63, 3.8) is 0 Å². The van der Waals surface area contributed by atoms with E-state index in [0.29, 0.717) is 5.69 Å². The highest BCUT2D eigenvalue weighted by Gasteiger charge is 2.35. The molecule has 1 aromatic rings. The minimum atomic E-state index is -4.43. The lowest BCUT2D eigenvalue weighted by atomic mass is 10.1. The summed E-state index contributed by atoms with van der Waals surface area (Å²) in [6.07, 6.45) is -1.70. The van der Waals surface area contributed by atoms with E-state index in [2.05, 4.69) is 10.3 Å². The van der Waals surface area contributed by atoms with Crippen LogP contribution in [0.1, 0.15) is 24.2 Å². The van der Waals surface area contributed by atoms with Gasteiger partial charge in [-0.05, 0) is 19.9 Å². The van der Waals surface area contributed by atoms with E-state index in [0.717, 1.165) is 4.90 Å². The van der Waals surface area contributed by atoms with Crippen molar-refractivity contribution in [3.8, 4) is 0 Å². The maximum Gasteiger partial charge on any atom is 0.406 e. The van der Waals surface area contributed by atoms with Gasteiger partial charge < -0.3 is 10.2 Å². The van der Waals surface area contributed by atoms with E-state index < -0.39 is 24.7 Å². The first-order chi connectivity index (χ1) is 8.76. The van der Waals surface area contributed by atoms with Crippen molar-refractivity contribution in [2.24, 2.45) is 0 Å². The average Bonchev–Trinajstić information content (AvgIpc) is 2.33. The van der Waals surface area contributed by atoms with Gasteiger partial charge in [0.1, 0.15) is 6.54 Å². The Morgan fingerprint density at radius 3 is 2.58 bits per heavy atom. The van der Waals surface area contributed by atoms with Crippen LogP contribution in [-0.2, 0) is 0 Å². The second kappa shape index (κ2) is 5.90. The van der Waals surface area contributed by atoms with Gasteiger partial charge in [0.05, 0.1) is 5.56 Å². The zero-order valence-corrected chi connectivity index (χ0v) is 11.0. The monoisotopic (exact) mass is 275 g/mol. The molecule has 1 amide bonds. The zero-order valence-electron chi connectivity index (χ0n) is 11.0. The molecular formula is C12H16F3N3O. The first-order valence-electron chi connectivity index (χ1n) is 5.75. The molecule has 0 fully saturated rings. The summed E-state index contributed by atoms with van der Waals surface area (Å²) in [6.45, 7) is 1.81. The molecule has 1 aromatic heterocycles. The van der Waals surface area contributed by atoms with E-state index in [1.807, 2.05) is 0 Å². The lowest BCUT2D eigenvalue weighted by Gasteiger charge is -2.28. The van der Waals surface area contributed by atoms with E-state index in [9.17, 15) is 18.0 Å². The van der Waals surface area contributed by atoms with E-state index in [4.69, 9.17) is 0 Å². The Morgan fingerprint density at radius 2 is 2.11 bits per heavy atom. The van der Waals surface area contributed by atoms with Crippen LogP contribution >= 0.6 is 0 Å². The molecule has 0 saturated carbocycles. The number of carbonyl (C=O) groups is 1. The number of nitrogens with one attached hydrogen (secondary N) is 1. The third-order valence-corrected chi connectivity index (χ3v) is 2.55. The molecule has 0 unspecified atom stereocenters. The summed E-state index contributed by atoms with van der Waals surface area (Å²) in [5, 5.41) is 2.76. The number of aromatic nitrogens is 1. The maximum atomic E-state index is 12.5. The molecule has 0 atom stereocenters. The standard InChI is InChI=1S/C12H16F3N3O/c1-8(2)18(7-12(13,14)15)11(19)9-6-17-5-4-10(9)16-3/h4-6,8H,7H2,1-3H3,(H,16,17). The summed E-state index contributed by atoms with van der Waals surface area (Å²) in [7, 11) is 1.59. The Kier molecular flexibility index (Phi) is 4.74. The van der Waals surface area contributed by atoms with Gasteiger partial charge in [-0.25, -0.2) is 0 Å². The number of halogens is 3. The van der Waals surface area contributed by atoms with Crippen LogP contribution in [0.2, 0.25) is 0 Å². The van der Waals surface area contributed by atoms with Crippen molar-refractivity contribution in [1.82, 2.24) is 9.88 Å². The Labute approximate surface area is 109 Å². The van der Waals surface area contributed by atoms with Crippen LogP contribution in [0.3, 0.4) is 0 Å². The largest absolute Gasteiger partial charge is 0.406 e. The van der Waals surface area contributed by atoms with Gasteiger partial charge >= 0.3 is 6.18 Å². The first-order valence-corrected chi connectivity index (χ1v) is 5.75. The summed E-state index contributed by atoms with van der Waals surface area (Å²) < 4.78 is 37.5. The smallest absolute Gasteiger partial charge is 0.387 e. The quantitative estimate of drug-likeness (QED) is 0.918. The van der Waals surface area contributed by atoms with E-state index in [-0.39, 0.29) is 5.56 Å². The first kappa shape index (κ1) is 15.3. The Bertz CT molecular complexity index is 446. The van der Waals surface area contributed by atoms with Crippen molar-refractivity contribution in [2.45, 2.75) is 26.1 Å². The molecule has 1 heterocycles. The van der Waals surface area contributed by atoms with Gasteiger partial charge in [-0.1, -0.05) is 0 Å². The van der Waals surface area contributed by atoms with Gasteiger partial charge in [-0.15, -0.1) is 0 Å². The number of rotatable bonds is 4. The van der Waals surface area contributed by atoms with E-state index in [1.165, 1.54) is 12.4 Å². The molecule has 4 nitrogen and oxygen atoms in total. The number of alkyl halides is 3. The molecule has 0 aromatic carbocycles. The predicted molar refractivity (Wildman–Crippen MR) is 66.0 cm³/mol. The molecule has 0 bridgehead atoms. The van der Waals surface area contributed by atoms with Crippen molar-refractivity contribution < 1.29 is 18.0 Å². The van der Waals surface area contributed by atoms with Gasteiger partial charge in [0.2, 0.25) is 0 Å². The lowest BCUT2D eigenvalue weighted by Crippen LogP contribution is -2.43. The normalized spacial score (nSPS) is 11.5. The number of hydrogen-bond donors (Lipinski definition) is 1. The van der Waals surface area contributed by atoms with E-state index in [1.54, 1.807) is 27.0 Å². The Balaban J connectivity index is 3.06. The highest BCUT2D eigenvalue weighted by Crippen LogP contribution is 2.22. The van der Waals surface area contributed by atoms with Crippen LogP contribution in [0, 0.1) is 0 Å². The van der Waals surface area contributed by atoms with Crippen LogP contribution in [0.4, 0.5) is 18.9 Å². The fraction of sp³-hybridized carbons (Fsp3) is 0.500. The van der Waals surface area contributed by atoms with Crippen LogP contribution in [0.15, 0.2) is 18.5 Å². The summed E-state index contributed by atoms with van der Waals surface area (Å²) in [4.78, 5) is 16.7. The Hall–Kier alpha value is -1.79. The summed E-state index contributed by atoms with van der Waals surface area (Å²) in [5.41, 5.74) is 0.579. The second-order valence-electron chi connectivity index (χ2n) is 4.31. The van der Waals surface area contributed by atoms with Gasteiger partial charge in [0.15, 0.2) is 0 Å². The highest BCUT2D eigenvalue weighted by atomic mass is 19.4. The van der Waals surface area contributed by atoms with E-state index >= 15 is 0 Å². The molecule has 0 spiro atoms. The van der Waals surface area contributed by atoms with Gasteiger partial charge in [0.25, 0.3) is 5.91 Å². The number of pyridine rings is 1. The molecule has 1 rings (SSSR count). The maximum absolute atomic E-state index is 12.5. The third kappa shape index (κ3) is 4.11. The number of anilines is 1. The summed E-state index contributed by atoms with van der Waals surface area (Å²) in [5.74, 6) is -0.690. The van der Waals surface area contributed by atoms with Crippen LogP contribution in [0.5, 0.6) is 0 Å². The molecule has 1 N–H and O–H groups in total. The van der Waals surface area contributed by atoms with Crippen molar-refractivity contribution in [3.05, 3.63) is 24.0 Å². The molecule has 0 aliphatic carbocycles. The molecule has 0 saturated heterocycles. The summed E-state index contributed by atoms with van der Waals surface area (Å²) >= 11 is 0. The van der Waals surface area contributed by atoms with Crippen molar-refractivity contribution in [1.29, 1.82) is 0 Å². The third-order valence-electron chi connectivity index (χ3n) is 2.55. The minimum Gasteiger partial charge on any atom is -0.387 e. The van der Waals surface area contributed by atoms with Crippen molar-refractivity contribution >= 4 is 11.6 Å². The average molecular weight is 275 g/mol. The second-order valence-corrected chi connectivity index (χ2v) is 4.31. The van der Waals surface area contributed by atoms with Gasteiger partial charge in [-0.3, -0.25) is 9.78 Å². The fourth-order valence-corrected chi connectivity index (χ4v) is 1.62. The van der Waals surface area contributed by atoms with Crippen LogP contribution < -0.4 is 5.32 Å². The number of hydrogen-bond acceptors (Lipinski definition) is 3. The van der Waals surface area contributed by atoms with Crippen LogP contribution in [-0.4, -0.2) is 41.6 Å². The molecule has 0 radical (unpaired) electrons. The lowest BCUT2D eigenvalue weighted by molar-refractivity contribution is -0.143. The molecular weight excluding hydrogens is 259 g/mol. The van der Waals surface area contributed by atoms with Gasteiger partial charge in [0, 0.05) is 31.2 Å². The molecule has 0 aliphatic heterocycles.